The van der Waals surface area contributed by atoms with Crippen LogP contribution in [0.15, 0.2) is 48.6 Å². The number of rotatable bonds is 7. The molecule has 9 nitrogen and oxygen atoms in total. The summed E-state index contributed by atoms with van der Waals surface area (Å²) >= 11 is 0. The Morgan fingerprint density at radius 1 is 1.17 bits per heavy atom. The highest BCUT2D eigenvalue weighted by molar-refractivity contribution is 5.85. The van der Waals surface area contributed by atoms with Gasteiger partial charge in [0.2, 0.25) is 6.79 Å². The van der Waals surface area contributed by atoms with Gasteiger partial charge in [-0.05, 0) is 29.8 Å². The molecule has 3 N–H and O–H groups in total. The van der Waals surface area contributed by atoms with Crippen LogP contribution in [-0.2, 0) is 9.53 Å². The molecule has 3 rings (SSSR count). The summed E-state index contributed by atoms with van der Waals surface area (Å²) in [6, 6.07) is 9.46. The number of carboxylic acids is 1. The van der Waals surface area contributed by atoms with Crippen molar-refractivity contribution in [2.75, 3.05) is 19.2 Å². The minimum absolute atomic E-state index is 0.111. The van der Waals surface area contributed by atoms with Gasteiger partial charge in [-0.25, -0.2) is 9.59 Å². The third-order valence-corrected chi connectivity index (χ3v) is 4.40. The Labute approximate surface area is 172 Å². The van der Waals surface area contributed by atoms with Crippen molar-refractivity contribution in [3.8, 4) is 23.0 Å². The second-order valence-electron chi connectivity index (χ2n) is 6.51. The molecule has 0 aromatic heterocycles. The van der Waals surface area contributed by atoms with Gasteiger partial charge < -0.3 is 29.2 Å². The number of nitrogens with one attached hydrogen (secondary N) is 1. The summed E-state index contributed by atoms with van der Waals surface area (Å²) in [5, 5.41) is 21.6. The molecule has 2 atom stereocenters. The predicted octanol–water partition coefficient (Wildman–Crippen LogP) is 3.70. The number of aromatic hydroxyl groups is 1. The summed E-state index contributed by atoms with van der Waals surface area (Å²) in [6.45, 7) is 1.80. The number of benzene rings is 2. The number of fused-ring (bicyclic) bond motifs is 1. The molecule has 0 aliphatic carbocycles. The molecular formula is C21H21NO8. The number of methoxy groups -OCH3 is 1. The molecule has 0 spiro atoms. The van der Waals surface area contributed by atoms with E-state index in [0.29, 0.717) is 22.7 Å². The summed E-state index contributed by atoms with van der Waals surface area (Å²) in [5.41, 5.74) is 0.908. The van der Waals surface area contributed by atoms with Gasteiger partial charge >= 0.3 is 12.1 Å². The smallest absolute Gasteiger partial charge is 0.412 e. The topological polar surface area (TPSA) is 124 Å². The lowest BCUT2D eigenvalue weighted by Gasteiger charge is -2.23. The van der Waals surface area contributed by atoms with Gasteiger partial charge in [0.15, 0.2) is 23.0 Å². The average Bonchev–Trinajstić information content (AvgIpc) is 3.18. The van der Waals surface area contributed by atoms with Crippen LogP contribution >= 0.6 is 0 Å². The Morgan fingerprint density at radius 3 is 2.63 bits per heavy atom. The Balaban J connectivity index is 1.79. The number of phenols is 1. The SMILES string of the molecule is COc1ccc([C@@H](OC(=O)Nc2ccc3c(c2)OCO3)[C@@H](C)/C=C/C(=O)O)cc1O. The van der Waals surface area contributed by atoms with Gasteiger partial charge in [-0.3, -0.25) is 5.32 Å². The van der Waals surface area contributed by atoms with E-state index in [-0.39, 0.29) is 18.3 Å². The lowest BCUT2D eigenvalue weighted by atomic mass is 9.96. The van der Waals surface area contributed by atoms with Gasteiger partial charge in [-0.2, -0.15) is 0 Å². The van der Waals surface area contributed by atoms with Crippen molar-refractivity contribution >= 4 is 17.7 Å². The van der Waals surface area contributed by atoms with Crippen LogP contribution in [0.3, 0.4) is 0 Å². The highest BCUT2D eigenvalue weighted by Gasteiger charge is 2.24. The third kappa shape index (κ3) is 4.93. The monoisotopic (exact) mass is 415 g/mol. The molecule has 2 aromatic carbocycles. The fraction of sp³-hybridized carbons (Fsp3) is 0.238. The fourth-order valence-corrected chi connectivity index (χ4v) is 2.93. The molecule has 0 unspecified atom stereocenters. The maximum Gasteiger partial charge on any atom is 0.412 e. The van der Waals surface area contributed by atoms with Crippen molar-refractivity contribution < 1.29 is 38.7 Å². The van der Waals surface area contributed by atoms with Crippen LogP contribution in [0.4, 0.5) is 10.5 Å². The Bertz CT molecular complexity index is 971. The number of phenolic OH excluding ortho intramolecular Hbond substituents is 1. The molecule has 158 valence electrons. The Hall–Kier alpha value is -3.88. The van der Waals surface area contributed by atoms with E-state index in [9.17, 15) is 14.7 Å². The van der Waals surface area contributed by atoms with E-state index in [1.54, 1.807) is 31.2 Å². The van der Waals surface area contributed by atoms with Gasteiger partial charge in [0.05, 0.1) is 7.11 Å². The van der Waals surface area contributed by atoms with Crippen LogP contribution in [0.25, 0.3) is 0 Å². The van der Waals surface area contributed by atoms with E-state index in [1.165, 1.54) is 25.3 Å². The summed E-state index contributed by atoms with van der Waals surface area (Å²) in [6.07, 6.45) is 0.749. The predicted molar refractivity (Wildman–Crippen MR) is 106 cm³/mol. The molecule has 0 saturated carbocycles. The fourth-order valence-electron chi connectivity index (χ4n) is 2.93. The zero-order valence-electron chi connectivity index (χ0n) is 16.3. The van der Waals surface area contributed by atoms with E-state index in [1.807, 2.05) is 0 Å². The van der Waals surface area contributed by atoms with Crippen LogP contribution in [0.2, 0.25) is 0 Å². The summed E-state index contributed by atoms with van der Waals surface area (Å²) in [7, 11) is 1.42. The standard InChI is InChI=1S/C21H21NO8/c1-12(3-8-19(24)25)20(13-4-6-16(27-2)15(23)9-13)30-21(26)22-14-5-7-17-18(10-14)29-11-28-17/h3-10,12,20,23H,11H2,1-2H3,(H,22,26)(H,24,25)/b8-3+/t12-,20-/m0/s1. The first-order chi connectivity index (χ1) is 14.4. The van der Waals surface area contributed by atoms with Gasteiger partial charge in [-0.1, -0.05) is 19.1 Å². The first-order valence-electron chi connectivity index (χ1n) is 9.02. The quantitative estimate of drug-likeness (QED) is 0.585. The molecule has 9 heteroatoms. The first kappa shape index (κ1) is 20.8. The molecule has 0 saturated heterocycles. The molecule has 0 fully saturated rings. The number of amides is 1. The lowest BCUT2D eigenvalue weighted by molar-refractivity contribution is -0.131. The summed E-state index contributed by atoms with van der Waals surface area (Å²) < 4.78 is 21.1. The number of ether oxygens (including phenoxy) is 4. The zero-order valence-corrected chi connectivity index (χ0v) is 16.3. The van der Waals surface area contributed by atoms with E-state index in [4.69, 9.17) is 24.1 Å². The molecule has 2 aromatic rings. The molecule has 30 heavy (non-hydrogen) atoms. The third-order valence-electron chi connectivity index (χ3n) is 4.40. The van der Waals surface area contributed by atoms with Gasteiger partial charge in [0.25, 0.3) is 0 Å². The molecule has 0 bridgehead atoms. The van der Waals surface area contributed by atoms with Gasteiger partial charge in [0, 0.05) is 23.7 Å². The highest BCUT2D eigenvalue weighted by atomic mass is 16.7. The summed E-state index contributed by atoms with van der Waals surface area (Å²) in [4.78, 5) is 23.4. The van der Waals surface area contributed by atoms with Crippen LogP contribution < -0.4 is 19.5 Å². The second kappa shape index (κ2) is 9.08. The van der Waals surface area contributed by atoms with Crippen LogP contribution in [0, 0.1) is 5.92 Å². The number of anilines is 1. The largest absolute Gasteiger partial charge is 0.504 e. The van der Waals surface area contributed by atoms with Crippen molar-refractivity contribution in [2.45, 2.75) is 13.0 Å². The van der Waals surface area contributed by atoms with Gasteiger partial charge in [0.1, 0.15) is 6.10 Å². The maximum atomic E-state index is 12.5. The van der Waals surface area contributed by atoms with Crippen LogP contribution in [0.1, 0.15) is 18.6 Å². The molecule has 1 aliphatic rings. The molecule has 0 radical (unpaired) electrons. The number of carboxylic acid groups (broad SMARTS) is 1. The minimum atomic E-state index is -1.12. The first-order valence-corrected chi connectivity index (χ1v) is 9.02. The molecule has 1 amide bonds. The highest BCUT2D eigenvalue weighted by Crippen LogP contribution is 2.36. The molecular weight excluding hydrogens is 394 g/mol. The van der Waals surface area contributed by atoms with Crippen molar-refractivity contribution in [2.24, 2.45) is 5.92 Å². The number of carbonyl (C=O) groups excluding carboxylic acids is 1. The van der Waals surface area contributed by atoms with Crippen molar-refractivity contribution in [1.29, 1.82) is 0 Å². The second-order valence-corrected chi connectivity index (χ2v) is 6.51. The van der Waals surface area contributed by atoms with E-state index in [2.05, 4.69) is 5.32 Å². The minimum Gasteiger partial charge on any atom is -0.504 e. The Morgan fingerprint density at radius 2 is 1.93 bits per heavy atom. The van der Waals surface area contributed by atoms with Crippen molar-refractivity contribution in [3.63, 3.8) is 0 Å². The lowest BCUT2D eigenvalue weighted by Crippen LogP contribution is -2.21. The number of hydrogen-bond donors (Lipinski definition) is 3. The molecule has 1 heterocycles. The Kier molecular flexibility index (Phi) is 6.31. The van der Waals surface area contributed by atoms with E-state index < -0.39 is 24.1 Å². The number of carbonyl (C=O) groups is 2. The maximum absolute atomic E-state index is 12.5. The number of hydrogen-bond acceptors (Lipinski definition) is 7. The van der Waals surface area contributed by atoms with Gasteiger partial charge in [-0.15, -0.1) is 0 Å². The van der Waals surface area contributed by atoms with Crippen molar-refractivity contribution in [3.05, 3.63) is 54.1 Å². The summed E-state index contributed by atoms with van der Waals surface area (Å²) in [5.74, 6) is -0.417. The average molecular weight is 415 g/mol. The van der Waals surface area contributed by atoms with E-state index >= 15 is 0 Å². The number of aliphatic carboxylic acids is 1. The molecule has 1 aliphatic heterocycles. The normalized spacial score (nSPS) is 14.2. The van der Waals surface area contributed by atoms with Crippen LogP contribution in [0.5, 0.6) is 23.0 Å². The van der Waals surface area contributed by atoms with Crippen LogP contribution in [-0.4, -0.2) is 36.2 Å². The van der Waals surface area contributed by atoms with E-state index in [0.717, 1.165) is 6.08 Å². The van der Waals surface area contributed by atoms with Crippen molar-refractivity contribution in [1.82, 2.24) is 0 Å². The zero-order chi connectivity index (χ0) is 21.7.